The number of allylic oxidation sites excluding steroid dienone is 1. The summed E-state index contributed by atoms with van der Waals surface area (Å²) in [6.45, 7) is 3.20. The van der Waals surface area contributed by atoms with E-state index in [1.807, 2.05) is 12.4 Å². The largest absolute Gasteiger partial charge is 0.315 e. The summed E-state index contributed by atoms with van der Waals surface area (Å²) in [5.74, 6) is 0.590. The van der Waals surface area contributed by atoms with Gasteiger partial charge in [-0.3, -0.25) is 4.99 Å². The summed E-state index contributed by atoms with van der Waals surface area (Å²) in [4.78, 5) is 6.30. The smallest absolute Gasteiger partial charge is 0.0224 e. The molecule has 0 aliphatic carbocycles. The van der Waals surface area contributed by atoms with Gasteiger partial charge in [0.2, 0.25) is 0 Å². The van der Waals surface area contributed by atoms with Gasteiger partial charge in [0, 0.05) is 38.0 Å². The Morgan fingerprint density at radius 2 is 2.38 bits per heavy atom. The first kappa shape index (κ1) is 10.4. The molecule has 1 aliphatic heterocycles. The molecule has 0 saturated heterocycles. The highest BCUT2D eigenvalue weighted by atomic mass is 15.1. The normalized spacial score (nSPS) is 21.3. The van der Waals surface area contributed by atoms with E-state index in [1.165, 1.54) is 0 Å². The van der Waals surface area contributed by atoms with E-state index in [-0.39, 0.29) is 0 Å². The van der Waals surface area contributed by atoms with Gasteiger partial charge in [0.25, 0.3) is 0 Å². The van der Waals surface area contributed by atoms with Crippen molar-refractivity contribution in [1.29, 1.82) is 0 Å². The molecule has 1 atom stereocenters. The van der Waals surface area contributed by atoms with Gasteiger partial charge in [0.1, 0.15) is 0 Å². The monoisotopic (exact) mass is 181 g/mol. The molecule has 0 spiro atoms. The molecule has 0 aromatic rings. The molecule has 1 aliphatic rings. The Bertz CT molecular complexity index is 185. The van der Waals surface area contributed by atoms with Crippen molar-refractivity contribution in [1.82, 2.24) is 10.2 Å². The molecule has 1 rings (SSSR count). The summed E-state index contributed by atoms with van der Waals surface area (Å²) in [7, 11) is 4.18. The van der Waals surface area contributed by atoms with Crippen LogP contribution in [0.4, 0.5) is 0 Å². The summed E-state index contributed by atoms with van der Waals surface area (Å²) < 4.78 is 0. The van der Waals surface area contributed by atoms with E-state index in [0.717, 1.165) is 26.1 Å². The number of aliphatic imine (C=N–C) groups is 1. The van der Waals surface area contributed by atoms with E-state index in [9.17, 15) is 0 Å². The van der Waals surface area contributed by atoms with Crippen LogP contribution in [0.1, 0.15) is 6.42 Å². The molecule has 1 heterocycles. The molecule has 1 N–H and O–H groups in total. The van der Waals surface area contributed by atoms with Gasteiger partial charge in [-0.1, -0.05) is 6.08 Å². The highest BCUT2D eigenvalue weighted by Crippen LogP contribution is 2.04. The molecule has 0 amide bonds. The summed E-state index contributed by atoms with van der Waals surface area (Å²) >= 11 is 0. The lowest BCUT2D eigenvalue weighted by Crippen LogP contribution is -2.31. The third kappa shape index (κ3) is 4.80. The van der Waals surface area contributed by atoms with Gasteiger partial charge >= 0.3 is 0 Å². The number of rotatable bonds is 5. The fourth-order valence-corrected chi connectivity index (χ4v) is 1.25. The molecule has 1 unspecified atom stereocenters. The topological polar surface area (TPSA) is 27.6 Å². The number of likely N-dealkylation sites (N-methyl/N-ethyl adjacent to an activating group) is 1. The van der Waals surface area contributed by atoms with Crippen LogP contribution in [0.5, 0.6) is 0 Å². The van der Waals surface area contributed by atoms with E-state index in [1.54, 1.807) is 0 Å². The van der Waals surface area contributed by atoms with Crippen LogP contribution in [-0.2, 0) is 0 Å². The molecule has 13 heavy (non-hydrogen) atoms. The van der Waals surface area contributed by atoms with E-state index < -0.39 is 0 Å². The maximum atomic E-state index is 4.12. The Morgan fingerprint density at radius 1 is 1.54 bits per heavy atom. The molecule has 0 fully saturated rings. The van der Waals surface area contributed by atoms with Gasteiger partial charge in [-0.05, 0) is 20.5 Å². The van der Waals surface area contributed by atoms with Crippen molar-refractivity contribution in [3.05, 3.63) is 12.3 Å². The molecular formula is C10H19N3. The quantitative estimate of drug-likeness (QED) is 0.634. The number of hydrogen-bond acceptors (Lipinski definition) is 3. The average Bonchev–Trinajstić information content (AvgIpc) is 2.14. The molecule has 3 heteroatoms. The van der Waals surface area contributed by atoms with Crippen LogP contribution in [0.25, 0.3) is 0 Å². The van der Waals surface area contributed by atoms with Gasteiger partial charge in [-0.2, -0.15) is 0 Å². The molecule has 0 radical (unpaired) electrons. The maximum absolute atomic E-state index is 4.12. The Kier molecular flexibility index (Phi) is 4.72. The first-order chi connectivity index (χ1) is 6.29. The summed E-state index contributed by atoms with van der Waals surface area (Å²) in [6, 6.07) is 0. The molecule has 0 bridgehead atoms. The first-order valence-corrected chi connectivity index (χ1v) is 4.83. The highest BCUT2D eigenvalue weighted by Gasteiger charge is 2.04. The van der Waals surface area contributed by atoms with Crippen molar-refractivity contribution in [3.63, 3.8) is 0 Å². The van der Waals surface area contributed by atoms with Crippen LogP contribution < -0.4 is 5.32 Å². The van der Waals surface area contributed by atoms with Crippen molar-refractivity contribution in [2.45, 2.75) is 6.42 Å². The summed E-state index contributed by atoms with van der Waals surface area (Å²) in [5.41, 5.74) is 0. The Hall–Kier alpha value is -0.670. The predicted octanol–water partition coefficient (Wildman–Crippen LogP) is 0.742. The van der Waals surface area contributed by atoms with Crippen LogP contribution >= 0.6 is 0 Å². The van der Waals surface area contributed by atoms with Crippen LogP contribution in [-0.4, -0.2) is 44.8 Å². The standard InChI is InChI=1S/C10H19N3/c1-13(2)7-6-12-9-10-4-3-5-11-8-10/h3,5,8,10,12H,4,6-7,9H2,1-2H3. The van der Waals surface area contributed by atoms with Crippen LogP contribution in [0, 0.1) is 5.92 Å². The van der Waals surface area contributed by atoms with Gasteiger partial charge in [0.05, 0.1) is 0 Å². The number of nitrogens with zero attached hydrogens (tertiary/aromatic N) is 2. The minimum Gasteiger partial charge on any atom is -0.315 e. The van der Waals surface area contributed by atoms with E-state index in [0.29, 0.717) is 5.92 Å². The first-order valence-electron chi connectivity index (χ1n) is 4.83. The minimum absolute atomic E-state index is 0.590. The zero-order chi connectivity index (χ0) is 9.52. The fraction of sp³-hybridized carbons (Fsp3) is 0.700. The van der Waals surface area contributed by atoms with Crippen LogP contribution in [0.3, 0.4) is 0 Å². The lowest BCUT2D eigenvalue weighted by molar-refractivity contribution is 0.396. The van der Waals surface area contributed by atoms with Crippen molar-refractivity contribution in [3.8, 4) is 0 Å². The van der Waals surface area contributed by atoms with Gasteiger partial charge in [-0.25, -0.2) is 0 Å². The van der Waals surface area contributed by atoms with Crippen LogP contribution in [0.2, 0.25) is 0 Å². The molecule has 0 aromatic heterocycles. The van der Waals surface area contributed by atoms with E-state index in [4.69, 9.17) is 0 Å². The second-order valence-corrected chi connectivity index (χ2v) is 3.69. The third-order valence-electron chi connectivity index (χ3n) is 2.07. The van der Waals surface area contributed by atoms with E-state index in [2.05, 4.69) is 35.4 Å². The predicted molar refractivity (Wildman–Crippen MR) is 57.2 cm³/mol. The summed E-state index contributed by atoms with van der Waals surface area (Å²) in [6.07, 6.45) is 7.15. The van der Waals surface area contributed by atoms with Crippen molar-refractivity contribution in [2.24, 2.45) is 10.9 Å². The van der Waals surface area contributed by atoms with Crippen LogP contribution in [0.15, 0.2) is 17.3 Å². The van der Waals surface area contributed by atoms with Gasteiger partial charge in [-0.15, -0.1) is 0 Å². The average molecular weight is 181 g/mol. The number of hydrogen-bond donors (Lipinski definition) is 1. The Balaban J connectivity index is 2.00. The highest BCUT2D eigenvalue weighted by molar-refractivity contribution is 5.63. The molecule has 0 aromatic carbocycles. The summed E-state index contributed by atoms with van der Waals surface area (Å²) in [5, 5.41) is 3.42. The molecule has 74 valence electrons. The van der Waals surface area contributed by atoms with Crippen molar-refractivity contribution in [2.75, 3.05) is 33.7 Å². The molecule has 0 saturated carbocycles. The second-order valence-electron chi connectivity index (χ2n) is 3.69. The van der Waals surface area contributed by atoms with Crippen molar-refractivity contribution < 1.29 is 0 Å². The molecular weight excluding hydrogens is 162 g/mol. The zero-order valence-electron chi connectivity index (χ0n) is 8.53. The van der Waals surface area contributed by atoms with Gasteiger partial charge < -0.3 is 10.2 Å². The lowest BCUT2D eigenvalue weighted by atomic mass is 10.1. The third-order valence-corrected chi connectivity index (χ3v) is 2.07. The van der Waals surface area contributed by atoms with Gasteiger partial charge in [0.15, 0.2) is 0 Å². The fourth-order valence-electron chi connectivity index (χ4n) is 1.25. The Labute approximate surface area is 80.5 Å². The van der Waals surface area contributed by atoms with Crippen molar-refractivity contribution >= 4 is 6.21 Å². The Morgan fingerprint density at radius 3 is 3.00 bits per heavy atom. The zero-order valence-corrected chi connectivity index (χ0v) is 8.53. The minimum atomic E-state index is 0.590. The SMILES string of the molecule is CN(C)CCNCC1C=NC=CC1. The van der Waals surface area contributed by atoms with E-state index >= 15 is 0 Å². The lowest BCUT2D eigenvalue weighted by Gasteiger charge is -2.14. The molecule has 3 nitrogen and oxygen atoms in total. The number of nitrogens with one attached hydrogen (secondary N) is 1. The maximum Gasteiger partial charge on any atom is 0.0224 e. The second kappa shape index (κ2) is 5.89.